The van der Waals surface area contributed by atoms with Gasteiger partial charge in [-0.1, -0.05) is 24.3 Å². The molecule has 2 aromatic carbocycles. The molecule has 0 radical (unpaired) electrons. The number of ether oxygens (including phenoxy) is 4. The summed E-state index contributed by atoms with van der Waals surface area (Å²) in [7, 11) is 1.12. The molecule has 0 N–H and O–H groups in total. The fourth-order valence-corrected chi connectivity index (χ4v) is 6.81. The van der Waals surface area contributed by atoms with Crippen molar-refractivity contribution >= 4 is 23.8 Å². The number of thioether (sulfide) groups is 1. The Labute approximate surface area is 237 Å². The molecular weight excluding hydrogens is 560 g/mol. The highest BCUT2D eigenvalue weighted by Crippen LogP contribution is 2.50. The monoisotopic (exact) mass is 585 g/mol. The molecule has 41 heavy (non-hydrogen) atoms. The van der Waals surface area contributed by atoms with Crippen molar-refractivity contribution in [1.82, 2.24) is 9.58 Å². The molecule has 0 spiro atoms. The molecule has 10 nitrogen and oxygen atoms in total. The minimum atomic E-state index is -1.02. The van der Waals surface area contributed by atoms with Crippen molar-refractivity contribution in [3.8, 4) is 5.75 Å². The summed E-state index contributed by atoms with van der Waals surface area (Å²) in [5.41, 5.74) is 0.811. The maximum Gasteiger partial charge on any atom is 0.510 e. The molecule has 1 unspecified atom stereocenters. The van der Waals surface area contributed by atoms with Gasteiger partial charge in [-0.3, -0.25) is 19.3 Å². The topological polar surface area (TPSA) is 99.5 Å². The number of pyridine rings is 1. The van der Waals surface area contributed by atoms with Gasteiger partial charge in [0.1, 0.15) is 6.17 Å². The third kappa shape index (κ3) is 4.49. The van der Waals surface area contributed by atoms with Crippen LogP contribution < -0.4 is 15.2 Å². The molecule has 3 aliphatic heterocycles. The van der Waals surface area contributed by atoms with Gasteiger partial charge in [0.2, 0.25) is 18.0 Å². The lowest BCUT2D eigenvalue weighted by molar-refractivity contribution is -0.0209. The number of benzene rings is 2. The van der Waals surface area contributed by atoms with Crippen LogP contribution in [0.5, 0.6) is 5.75 Å². The van der Waals surface area contributed by atoms with Gasteiger partial charge in [0.15, 0.2) is 17.3 Å². The first-order valence-corrected chi connectivity index (χ1v) is 13.7. The quantitative estimate of drug-likeness (QED) is 0.333. The number of halogens is 2. The first-order valence-electron chi connectivity index (χ1n) is 12.8. The maximum absolute atomic E-state index is 15.5. The first-order chi connectivity index (χ1) is 19.8. The Morgan fingerprint density at radius 3 is 2.73 bits per heavy atom. The number of aromatic nitrogens is 1. The van der Waals surface area contributed by atoms with Crippen LogP contribution in [0.2, 0.25) is 0 Å². The highest BCUT2D eigenvalue weighted by molar-refractivity contribution is 7.99. The van der Waals surface area contributed by atoms with Gasteiger partial charge in [-0.25, -0.2) is 13.6 Å². The summed E-state index contributed by atoms with van der Waals surface area (Å²) in [6, 6.07) is 10.7. The van der Waals surface area contributed by atoms with Crippen LogP contribution >= 0.6 is 11.8 Å². The van der Waals surface area contributed by atoms with Crippen molar-refractivity contribution in [3.05, 3.63) is 92.9 Å². The second-order valence-electron chi connectivity index (χ2n) is 9.56. The van der Waals surface area contributed by atoms with Crippen molar-refractivity contribution in [2.75, 3.05) is 38.7 Å². The fourth-order valence-electron chi connectivity index (χ4n) is 5.60. The molecule has 3 aromatic rings. The van der Waals surface area contributed by atoms with Crippen molar-refractivity contribution < 1.29 is 37.3 Å². The van der Waals surface area contributed by atoms with Crippen LogP contribution in [0.25, 0.3) is 0 Å². The third-order valence-corrected chi connectivity index (χ3v) is 8.57. The zero-order valence-electron chi connectivity index (χ0n) is 22.0. The van der Waals surface area contributed by atoms with Gasteiger partial charge in [-0.15, -0.1) is 11.8 Å². The van der Waals surface area contributed by atoms with Gasteiger partial charge < -0.3 is 23.8 Å². The molecule has 1 aromatic heterocycles. The zero-order valence-corrected chi connectivity index (χ0v) is 22.9. The molecule has 1 fully saturated rings. The van der Waals surface area contributed by atoms with Crippen molar-refractivity contribution in [3.63, 3.8) is 0 Å². The van der Waals surface area contributed by atoms with Gasteiger partial charge in [-0.05, 0) is 30.2 Å². The minimum absolute atomic E-state index is 0.101. The maximum atomic E-state index is 15.5. The Morgan fingerprint density at radius 2 is 1.93 bits per heavy atom. The normalized spacial score (nSPS) is 21.2. The lowest BCUT2D eigenvalue weighted by Gasteiger charge is -2.51. The molecule has 0 aliphatic carbocycles. The molecule has 13 heteroatoms. The predicted octanol–water partition coefficient (Wildman–Crippen LogP) is 3.95. The number of fused-ring (bicyclic) bond motifs is 4. The molecule has 214 valence electrons. The van der Waals surface area contributed by atoms with E-state index in [2.05, 4.69) is 4.74 Å². The average molecular weight is 586 g/mol. The van der Waals surface area contributed by atoms with E-state index in [1.807, 2.05) is 36.2 Å². The smallest absolute Gasteiger partial charge is 0.451 e. The van der Waals surface area contributed by atoms with Crippen LogP contribution in [0.3, 0.4) is 0 Å². The lowest BCUT2D eigenvalue weighted by atomic mass is 9.91. The summed E-state index contributed by atoms with van der Waals surface area (Å²) in [4.78, 5) is 40.7. The van der Waals surface area contributed by atoms with Gasteiger partial charge >= 0.3 is 6.16 Å². The molecule has 1 saturated heterocycles. The van der Waals surface area contributed by atoms with Crippen LogP contribution in [-0.4, -0.2) is 61.5 Å². The Balaban J connectivity index is 1.59. The zero-order chi connectivity index (χ0) is 28.8. The Morgan fingerprint density at radius 1 is 1.12 bits per heavy atom. The van der Waals surface area contributed by atoms with Crippen LogP contribution in [0.4, 0.5) is 13.6 Å². The van der Waals surface area contributed by atoms with E-state index in [4.69, 9.17) is 14.2 Å². The van der Waals surface area contributed by atoms with Crippen molar-refractivity contribution in [1.29, 1.82) is 0 Å². The fraction of sp³-hybridized carbons (Fsp3) is 0.321. The van der Waals surface area contributed by atoms with Crippen molar-refractivity contribution in [2.24, 2.45) is 0 Å². The second kappa shape index (κ2) is 10.7. The van der Waals surface area contributed by atoms with E-state index < -0.39 is 53.4 Å². The van der Waals surface area contributed by atoms with E-state index in [9.17, 15) is 18.8 Å². The van der Waals surface area contributed by atoms with Gasteiger partial charge in [0, 0.05) is 34.5 Å². The second-order valence-corrected chi connectivity index (χ2v) is 10.9. The number of carbonyl (C=O) groups excluding carboxylic acids is 2. The number of nitrogens with zero attached hydrogens (tertiary/aromatic N) is 3. The molecule has 6 rings (SSSR count). The molecule has 4 heterocycles. The van der Waals surface area contributed by atoms with E-state index in [1.165, 1.54) is 28.7 Å². The van der Waals surface area contributed by atoms with Crippen molar-refractivity contribution in [2.45, 2.75) is 29.3 Å². The van der Waals surface area contributed by atoms with E-state index >= 15 is 4.39 Å². The number of hydrogen-bond donors (Lipinski definition) is 0. The summed E-state index contributed by atoms with van der Waals surface area (Å²) in [5.74, 6) is -2.71. The standard InChI is InChI=1S/C28H25F2N3O7S/c1-15-22-17(7-8-18(29)23(22)30)24(16-5-3-4-6-20(16)41-15)33-21-13-38-12-11-31(21)27(35)25-26(19(34)9-10-32(25)33)39-14-40-28(36)37-2/h3-10,15,21,24H,11-14H2,1-2H3/t15?,21-,24-/m1/s1. The van der Waals surface area contributed by atoms with Gasteiger partial charge in [0.25, 0.3) is 5.91 Å². The number of morpholine rings is 1. The highest BCUT2D eigenvalue weighted by atomic mass is 32.2. The Bertz CT molecular complexity index is 1600. The van der Waals surface area contributed by atoms with Crippen LogP contribution in [-0.2, 0) is 14.2 Å². The van der Waals surface area contributed by atoms with Gasteiger partial charge in [0.05, 0.1) is 26.4 Å². The predicted molar refractivity (Wildman–Crippen MR) is 142 cm³/mol. The SMILES string of the molecule is COC(=O)OCOc1c2n(ccc1=O)N([C@@H]1c3ccccc3SC(C)c3c1ccc(F)c3F)[C@@H]1COCCN1C2=O. The molecule has 3 atom stereocenters. The van der Waals surface area contributed by atoms with E-state index in [-0.39, 0.29) is 36.8 Å². The number of hydrogen-bond acceptors (Lipinski definition) is 9. The number of rotatable bonds is 4. The third-order valence-electron chi connectivity index (χ3n) is 7.35. The molecule has 0 saturated carbocycles. The number of carbonyl (C=O) groups is 2. The lowest BCUT2D eigenvalue weighted by Crippen LogP contribution is -2.66. The first kappa shape index (κ1) is 27.1. The summed E-state index contributed by atoms with van der Waals surface area (Å²) >= 11 is 1.41. The average Bonchev–Trinajstić information content (AvgIpc) is 3.10. The Hall–Kier alpha value is -4.10. The van der Waals surface area contributed by atoms with E-state index in [0.717, 1.165) is 23.6 Å². The molecule has 0 bridgehead atoms. The number of amides is 1. The van der Waals surface area contributed by atoms with Crippen LogP contribution in [0.1, 0.15) is 45.4 Å². The van der Waals surface area contributed by atoms with E-state index in [1.54, 1.807) is 11.0 Å². The molecular formula is C28H25F2N3O7S. The summed E-state index contributed by atoms with van der Waals surface area (Å²) in [6.07, 6.45) is -0.245. The number of methoxy groups -OCH3 is 1. The van der Waals surface area contributed by atoms with Crippen LogP contribution in [0, 0.1) is 11.6 Å². The van der Waals surface area contributed by atoms with E-state index in [0.29, 0.717) is 5.56 Å². The Kier molecular flexibility index (Phi) is 7.08. The summed E-state index contributed by atoms with van der Waals surface area (Å²) in [6.45, 7) is 1.75. The summed E-state index contributed by atoms with van der Waals surface area (Å²) in [5, 5.41) is 1.40. The van der Waals surface area contributed by atoms with Crippen LogP contribution in [0.15, 0.2) is 58.4 Å². The summed E-state index contributed by atoms with van der Waals surface area (Å²) < 4.78 is 52.2. The minimum Gasteiger partial charge on any atom is -0.451 e. The molecule has 3 aliphatic rings. The largest absolute Gasteiger partial charge is 0.510 e. The molecule has 1 amide bonds. The van der Waals surface area contributed by atoms with Gasteiger partial charge in [-0.2, -0.15) is 0 Å². The highest BCUT2D eigenvalue weighted by Gasteiger charge is 2.47.